The standard InChI is InChI=1S/C18H36N2O/c1-2-3-4-5-6-7-10-17(19)18(11-8-9-12-18)20-13-15-21-16-14-20/h17H,2-16,19H2,1H3. The van der Waals surface area contributed by atoms with Gasteiger partial charge in [0.05, 0.1) is 13.2 Å². The number of hydrogen-bond acceptors (Lipinski definition) is 3. The van der Waals surface area contributed by atoms with Gasteiger partial charge in [-0.1, -0.05) is 58.3 Å². The lowest BCUT2D eigenvalue weighted by Gasteiger charge is -2.47. The van der Waals surface area contributed by atoms with Crippen molar-refractivity contribution in [3.63, 3.8) is 0 Å². The van der Waals surface area contributed by atoms with Crippen LogP contribution in [0.2, 0.25) is 0 Å². The molecule has 0 aromatic rings. The van der Waals surface area contributed by atoms with Crippen LogP contribution in [0.3, 0.4) is 0 Å². The van der Waals surface area contributed by atoms with E-state index in [0.717, 1.165) is 26.3 Å². The van der Waals surface area contributed by atoms with Crippen molar-refractivity contribution in [3.05, 3.63) is 0 Å². The average molecular weight is 296 g/mol. The highest BCUT2D eigenvalue weighted by molar-refractivity contribution is 5.02. The van der Waals surface area contributed by atoms with Gasteiger partial charge in [0.25, 0.3) is 0 Å². The molecule has 3 nitrogen and oxygen atoms in total. The third kappa shape index (κ3) is 4.67. The number of unbranched alkanes of at least 4 members (excludes halogenated alkanes) is 5. The maximum atomic E-state index is 6.70. The lowest BCUT2D eigenvalue weighted by atomic mass is 9.83. The van der Waals surface area contributed by atoms with Gasteiger partial charge in [-0.25, -0.2) is 0 Å². The van der Waals surface area contributed by atoms with Crippen LogP contribution in [0, 0.1) is 0 Å². The second-order valence-electron chi connectivity index (χ2n) is 7.07. The third-order valence-corrected chi connectivity index (χ3v) is 5.67. The molecule has 1 heterocycles. The molecule has 1 aliphatic heterocycles. The lowest BCUT2D eigenvalue weighted by Crippen LogP contribution is -2.61. The Morgan fingerprint density at radius 3 is 2.29 bits per heavy atom. The number of ether oxygens (including phenoxy) is 1. The van der Waals surface area contributed by atoms with Crippen LogP contribution in [0.5, 0.6) is 0 Å². The van der Waals surface area contributed by atoms with Crippen LogP contribution in [0.25, 0.3) is 0 Å². The second kappa shape index (κ2) is 9.12. The van der Waals surface area contributed by atoms with Gasteiger partial charge >= 0.3 is 0 Å². The van der Waals surface area contributed by atoms with Crippen LogP contribution in [0.15, 0.2) is 0 Å². The van der Waals surface area contributed by atoms with Crippen molar-refractivity contribution in [1.29, 1.82) is 0 Å². The molecule has 0 bridgehead atoms. The zero-order chi connectivity index (χ0) is 15.0. The zero-order valence-corrected chi connectivity index (χ0v) is 14.1. The van der Waals surface area contributed by atoms with E-state index in [1.807, 2.05) is 0 Å². The van der Waals surface area contributed by atoms with Crippen LogP contribution < -0.4 is 5.73 Å². The van der Waals surface area contributed by atoms with E-state index in [2.05, 4.69) is 11.8 Å². The van der Waals surface area contributed by atoms with E-state index in [1.54, 1.807) is 0 Å². The minimum absolute atomic E-state index is 0.299. The van der Waals surface area contributed by atoms with Crippen molar-refractivity contribution < 1.29 is 4.74 Å². The minimum atomic E-state index is 0.299. The number of hydrogen-bond donors (Lipinski definition) is 1. The molecule has 124 valence electrons. The summed E-state index contributed by atoms with van der Waals surface area (Å²) < 4.78 is 5.54. The highest BCUT2D eigenvalue weighted by atomic mass is 16.5. The molecule has 2 rings (SSSR count). The summed E-state index contributed by atoms with van der Waals surface area (Å²) in [5.41, 5.74) is 7.00. The summed E-state index contributed by atoms with van der Waals surface area (Å²) >= 11 is 0. The zero-order valence-electron chi connectivity index (χ0n) is 14.1. The van der Waals surface area contributed by atoms with Crippen molar-refractivity contribution in [1.82, 2.24) is 4.90 Å². The van der Waals surface area contributed by atoms with Gasteiger partial charge < -0.3 is 10.5 Å². The number of rotatable bonds is 9. The first-order chi connectivity index (χ1) is 10.3. The van der Waals surface area contributed by atoms with E-state index in [4.69, 9.17) is 10.5 Å². The maximum Gasteiger partial charge on any atom is 0.0594 e. The topological polar surface area (TPSA) is 38.5 Å². The van der Waals surface area contributed by atoms with Crippen LogP contribution in [0.1, 0.15) is 77.6 Å². The fourth-order valence-electron chi connectivity index (χ4n) is 4.33. The molecule has 3 heteroatoms. The summed E-state index contributed by atoms with van der Waals surface area (Å²) in [6.07, 6.45) is 14.8. The molecule has 1 unspecified atom stereocenters. The van der Waals surface area contributed by atoms with Crippen molar-refractivity contribution in [3.8, 4) is 0 Å². The molecular weight excluding hydrogens is 260 g/mol. The first kappa shape index (κ1) is 17.2. The first-order valence-corrected chi connectivity index (χ1v) is 9.38. The first-order valence-electron chi connectivity index (χ1n) is 9.38. The number of morpholine rings is 1. The monoisotopic (exact) mass is 296 g/mol. The number of nitrogens with zero attached hydrogens (tertiary/aromatic N) is 1. The number of nitrogens with two attached hydrogens (primary N) is 1. The van der Waals surface area contributed by atoms with Crippen LogP contribution in [-0.2, 0) is 4.74 Å². The normalized spacial score (nSPS) is 24.3. The van der Waals surface area contributed by atoms with E-state index >= 15 is 0 Å². The summed E-state index contributed by atoms with van der Waals surface area (Å²) in [4.78, 5) is 2.67. The maximum absolute atomic E-state index is 6.70. The van der Waals surface area contributed by atoms with Gasteiger partial charge in [-0.3, -0.25) is 4.90 Å². The SMILES string of the molecule is CCCCCCCCC(N)C1(N2CCOCC2)CCCC1. The van der Waals surface area contributed by atoms with Gasteiger partial charge in [0.1, 0.15) is 0 Å². The molecule has 1 saturated heterocycles. The quantitative estimate of drug-likeness (QED) is 0.659. The predicted octanol–water partition coefficient (Wildman–Crippen LogP) is 3.71. The molecular formula is C18H36N2O. The molecule has 1 saturated carbocycles. The molecule has 2 N–H and O–H groups in total. The average Bonchev–Trinajstić information content (AvgIpc) is 3.02. The van der Waals surface area contributed by atoms with Crippen molar-refractivity contribution >= 4 is 0 Å². The summed E-state index contributed by atoms with van der Waals surface area (Å²) in [5, 5.41) is 0. The molecule has 1 aliphatic carbocycles. The van der Waals surface area contributed by atoms with E-state index < -0.39 is 0 Å². The minimum Gasteiger partial charge on any atom is -0.379 e. The van der Waals surface area contributed by atoms with Gasteiger partial charge in [0.2, 0.25) is 0 Å². The van der Waals surface area contributed by atoms with Gasteiger partial charge in [-0.15, -0.1) is 0 Å². The van der Waals surface area contributed by atoms with E-state index in [9.17, 15) is 0 Å². The molecule has 0 amide bonds. The summed E-state index contributed by atoms with van der Waals surface area (Å²) in [6, 6.07) is 0.365. The Balaban J connectivity index is 1.77. The second-order valence-corrected chi connectivity index (χ2v) is 7.07. The Morgan fingerprint density at radius 2 is 1.62 bits per heavy atom. The smallest absolute Gasteiger partial charge is 0.0594 e. The van der Waals surface area contributed by atoms with Crippen LogP contribution >= 0.6 is 0 Å². The van der Waals surface area contributed by atoms with Crippen LogP contribution in [-0.4, -0.2) is 42.8 Å². The van der Waals surface area contributed by atoms with Gasteiger partial charge in [-0.2, -0.15) is 0 Å². The summed E-state index contributed by atoms with van der Waals surface area (Å²) in [7, 11) is 0. The van der Waals surface area contributed by atoms with Crippen LogP contribution in [0.4, 0.5) is 0 Å². The molecule has 21 heavy (non-hydrogen) atoms. The van der Waals surface area contributed by atoms with Gasteiger partial charge in [0, 0.05) is 24.7 Å². The van der Waals surface area contributed by atoms with E-state index in [-0.39, 0.29) is 0 Å². The third-order valence-electron chi connectivity index (χ3n) is 5.67. The fraction of sp³-hybridized carbons (Fsp3) is 1.00. The van der Waals surface area contributed by atoms with Gasteiger partial charge in [-0.05, 0) is 19.3 Å². The Morgan fingerprint density at radius 1 is 1.00 bits per heavy atom. The molecule has 1 atom stereocenters. The fourth-order valence-corrected chi connectivity index (χ4v) is 4.33. The van der Waals surface area contributed by atoms with E-state index in [1.165, 1.54) is 70.6 Å². The highest BCUT2D eigenvalue weighted by Crippen LogP contribution is 2.39. The Bertz CT molecular complexity index is 270. The molecule has 2 fully saturated rings. The van der Waals surface area contributed by atoms with Gasteiger partial charge in [0.15, 0.2) is 0 Å². The summed E-state index contributed by atoms with van der Waals surface area (Å²) in [5.74, 6) is 0. The molecule has 0 aromatic heterocycles. The molecule has 2 aliphatic rings. The molecule has 0 spiro atoms. The Kier molecular flexibility index (Phi) is 7.48. The Hall–Kier alpha value is -0.120. The van der Waals surface area contributed by atoms with Crippen molar-refractivity contribution in [2.24, 2.45) is 5.73 Å². The van der Waals surface area contributed by atoms with Crippen molar-refractivity contribution in [2.75, 3.05) is 26.3 Å². The predicted molar refractivity (Wildman–Crippen MR) is 89.6 cm³/mol. The molecule has 0 aromatic carbocycles. The Labute approximate surface area is 131 Å². The highest BCUT2D eigenvalue weighted by Gasteiger charge is 2.44. The molecule has 0 radical (unpaired) electrons. The van der Waals surface area contributed by atoms with Crippen molar-refractivity contribution in [2.45, 2.75) is 89.1 Å². The largest absolute Gasteiger partial charge is 0.379 e. The van der Waals surface area contributed by atoms with E-state index in [0.29, 0.717) is 11.6 Å². The summed E-state index contributed by atoms with van der Waals surface area (Å²) in [6.45, 7) is 6.24. The lowest BCUT2D eigenvalue weighted by molar-refractivity contribution is -0.0318.